The summed E-state index contributed by atoms with van der Waals surface area (Å²) in [6.07, 6.45) is 6.45. The minimum Gasteiger partial charge on any atom is -0.357 e. The van der Waals surface area contributed by atoms with Crippen molar-refractivity contribution in [1.82, 2.24) is 15.6 Å². The van der Waals surface area contributed by atoms with E-state index < -0.39 is 0 Å². The first-order valence-electron chi connectivity index (χ1n) is 7.83. The Morgan fingerprint density at radius 2 is 2.09 bits per heavy atom. The molecule has 0 spiro atoms. The van der Waals surface area contributed by atoms with Gasteiger partial charge in [-0.2, -0.15) is 0 Å². The van der Waals surface area contributed by atoms with E-state index in [2.05, 4.69) is 27.5 Å². The molecule has 0 saturated heterocycles. The maximum Gasteiger partial charge on any atom is 0.191 e. The third-order valence-corrected chi connectivity index (χ3v) is 3.92. The Morgan fingerprint density at radius 3 is 2.73 bits per heavy atom. The molecule has 1 heterocycles. The summed E-state index contributed by atoms with van der Waals surface area (Å²) < 4.78 is 13.6. The van der Waals surface area contributed by atoms with Crippen molar-refractivity contribution in [3.05, 3.63) is 29.8 Å². The second kappa shape index (κ2) is 9.97. The van der Waals surface area contributed by atoms with Crippen molar-refractivity contribution in [2.75, 3.05) is 6.54 Å². The first-order chi connectivity index (χ1) is 10.2. The van der Waals surface area contributed by atoms with E-state index in [-0.39, 0.29) is 36.3 Å². The molecule has 0 aromatic carbocycles. The van der Waals surface area contributed by atoms with Crippen LogP contribution in [-0.4, -0.2) is 23.5 Å². The molecule has 1 aliphatic carbocycles. The van der Waals surface area contributed by atoms with Gasteiger partial charge >= 0.3 is 0 Å². The maximum atomic E-state index is 13.6. The predicted octanol–water partition coefficient (Wildman–Crippen LogP) is 3.47. The third kappa shape index (κ3) is 6.06. The Kier molecular flexibility index (Phi) is 8.67. The van der Waals surface area contributed by atoms with Crippen LogP contribution in [0.3, 0.4) is 0 Å². The Morgan fingerprint density at radius 1 is 1.36 bits per heavy atom. The van der Waals surface area contributed by atoms with E-state index in [1.165, 1.54) is 31.7 Å². The Hall–Kier alpha value is -0.920. The first kappa shape index (κ1) is 19.1. The summed E-state index contributed by atoms with van der Waals surface area (Å²) in [4.78, 5) is 8.48. The Balaban J connectivity index is 0.00000242. The fourth-order valence-corrected chi connectivity index (χ4v) is 2.61. The molecule has 4 nitrogen and oxygen atoms in total. The van der Waals surface area contributed by atoms with Crippen molar-refractivity contribution in [3.8, 4) is 0 Å². The molecule has 2 rings (SSSR count). The number of aromatic nitrogens is 1. The number of rotatable bonds is 4. The Bertz CT molecular complexity index is 473. The van der Waals surface area contributed by atoms with Gasteiger partial charge in [0.2, 0.25) is 0 Å². The number of hydrogen-bond acceptors (Lipinski definition) is 2. The van der Waals surface area contributed by atoms with Gasteiger partial charge in [0.15, 0.2) is 5.96 Å². The van der Waals surface area contributed by atoms with Crippen molar-refractivity contribution in [1.29, 1.82) is 0 Å². The number of hydrogen-bond donors (Lipinski definition) is 2. The average Bonchev–Trinajstić information content (AvgIpc) is 2.49. The van der Waals surface area contributed by atoms with Crippen LogP contribution in [-0.2, 0) is 6.54 Å². The smallest absolute Gasteiger partial charge is 0.191 e. The van der Waals surface area contributed by atoms with E-state index in [0.29, 0.717) is 11.7 Å². The largest absolute Gasteiger partial charge is 0.357 e. The van der Waals surface area contributed by atoms with Gasteiger partial charge in [-0.1, -0.05) is 6.92 Å². The van der Waals surface area contributed by atoms with E-state index in [0.717, 1.165) is 18.4 Å². The molecule has 0 unspecified atom stereocenters. The number of nitrogens with zero attached hydrogens (tertiary/aromatic N) is 2. The maximum absolute atomic E-state index is 13.6. The van der Waals surface area contributed by atoms with E-state index in [9.17, 15) is 4.39 Å². The van der Waals surface area contributed by atoms with Gasteiger partial charge in [-0.15, -0.1) is 24.0 Å². The minimum atomic E-state index is -0.302. The monoisotopic (exact) mass is 420 g/mol. The van der Waals surface area contributed by atoms with Crippen molar-refractivity contribution in [2.45, 2.75) is 52.1 Å². The first-order valence-corrected chi connectivity index (χ1v) is 7.83. The summed E-state index contributed by atoms with van der Waals surface area (Å²) in [6, 6.07) is 3.48. The molecule has 1 saturated carbocycles. The van der Waals surface area contributed by atoms with E-state index in [1.54, 1.807) is 12.3 Å². The lowest BCUT2D eigenvalue weighted by Crippen LogP contribution is -2.44. The molecular formula is C16H26FIN4. The van der Waals surface area contributed by atoms with Gasteiger partial charge in [-0.05, 0) is 50.7 Å². The molecule has 1 aliphatic rings. The zero-order chi connectivity index (χ0) is 15.1. The van der Waals surface area contributed by atoms with Gasteiger partial charge in [-0.3, -0.25) is 4.98 Å². The molecule has 6 heteroatoms. The van der Waals surface area contributed by atoms with Gasteiger partial charge in [0, 0.05) is 18.8 Å². The van der Waals surface area contributed by atoms with Gasteiger partial charge < -0.3 is 10.6 Å². The average molecular weight is 420 g/mol. The summed E-state index contributed by atoms with van der Waals surface area (Å²) in [5.41, 5.74) is 0.381. The number of nitrogens with one attached hydrogen (secondary N) is 2. The van der Waals surface area contributed by atoms with Gasteiger partial charge in [0.1, 0.15) is 5.82 Å². The summed E-state index contributed by atoms with van der Waals surface area (Å²) >= 11 is 0. The molecular weight excluding hydrogens is 394 g/mol. The lowest BCUT2D eigenvalue weighted by atomic mass is 9.87. The van der Waals surface area contributed by atoms with Gasteiger partial charge in [-0.25, -0.2) is 9.38 Å². The highest BCUT2D eigenvalue weighted by Crippen LogP contribution is 2.23. The van der Waals surface area contributed by atoms with Crippen LogP contribution in [0.1, 0.15) is 45.2 Å². The van der Waals surface area contributed by atoms with Crippen LogP contribution in [0.25, 0.3) is 0 Å². The fraction of sp³-hybridized carbons (Fsp3) is 0.625. The van der Waals surface area contributed by atoms with Gasteiger partial charge in [0.25, 0.3) is 0 Å². The molecule has 2 N–H and O–H groups in total. The third-order valence-electron chi connectivity index (χ3n) is 3.92. The number of halogens is 2. The number of aliphatic imine (C=N–C) groups is 1. The fourth-order valence-electron chi connectivity index (χ4n) is 2.61. The van der Waals surface area contributed by atoms with E-state index >= 15 is 0 Å². The molecule has 0 atom stereocenters. The molecule has 1 fully saturated rings. The molecule has 1 aromatic heterocycles. The van der Waals surface area contributed by atoms with Crippen LogP contribution in [0.5, 0.6) is 0 Å². The highest BCUT2D eigenvalue weighted by molar-refractivity contribution is 14.0. The second-order valence-corrected chi connectivity index (χ2v) is 5.73. The standard InChI is InChI=1S/C16H25FN4.HI/c1-3-18-16(21-13-8-6-12(2)7-9-13)20-11-15-14(17)5-4-10-19-15;/h4-5,10,12-13H,3,6-9,11H2,1-2H3,(H2,18,20,21);1H. The van der Waals surface area contributed by atoms with Crippen molar-refractivity contribution < 1.29 is 4.39 Å². The zero-order valence-corrected chi connectivity index (χ0v) is 15.6. The van der Waals surface area contributed by atoms with Crippen LogP contribution in [0.4, 0.5) is 4.39 Å². The highest BCUT2D eigenvalue weighted by atomic mass is 127. The van der Waals surface area contributed by atoms with Crippen molar-refractivity contribution >= 4 is 29.9 Å². The Labute approximate surface area is 149 Å². The summed E-state index contributed by atoms with van der Waals surface area (Å²) in [6.45, 7) is 5.38. The quantitative estimate of drug-likeness (QED) is 0.446. The molecule has 0 bridgehead atoms. The van der Waals surface area contributed by atoms with Crippen LogP contribution in [0.15, 0.2) is 23.3 Å². The van der Waals surface area contributed by atoms with Crippen LogP contribution in [0.2, 0.25) is 0 Å². The minimum absolute atomic E-state index is 0. The lowest BCUT2D eigenvalue weighted by molar-refractivity contribution is 0.329. The van der Waals surface area contributed by atoms with Crippen LogP contribution in [0, 0.1) is 11.7 Å². The summed E-state index contributed by atoms with van der Waals surface area (Å²) in [5.74, 6) is 1.27. The molecule has 0 radical (unpaired) electrons. The van der Waals surface area contributed by atoms with E-state index in [1.807, 2.05) is 6.92 Å². The normalized spacial score (nSPS) is 21.9. The summed E-state index contributed by atoms with van der Waals surface area (Å²) in [5, 5.41) is 6.68. The van der Waals surface area contributed by atoms with Gasteiger partial charge in [0.05, 0.1) is 12.2 Å². The SMILES string of the molecule is CCNC(=NCc1ncccc1F)NC1CCC(C)CC1.I. The number of guanidine groups is 1. The second-order valence-electron chi connectivity index (χ2n) is 5.73. The molecule has 0 aliphatic heterocycles. The van der Waals surface area contributed by atoms with Crippen LogP contribution >= 0.6 is 24.0 Å². The lowest BCUT2D eigenvalue weighted by Gasteiger charge is -2.28. The highest BCUT2D eigenvalue weighted by Gasteiger charge is 2.18. The van der Waals surface area contributed by atoms with Crippen molar-refractivity contribution in [3.63, 3.8) is 0 Å². The molecule has 1 aromatic rings. The van der Waals surface area contributed by atoms with Crippen molar-refractivity contribution in [2.24, 2.45) is 10.9 Å². The molecule has 22 heavy (non-hydrogen) atoms. The zero-order valence-electron chi connectivity index (χ0n) is 13.3. The topological polar surface area (TPSA) is 49.3 Å². The predicted molar refractivity (Wildman–Crippen MR) is 99.0 cm³/mol. The number of pyridine rings is 1. The summed E-state index contributed by atoms with van der Waals surface area (Å²) in [7, 11) is 0. The molecule has 124 valence electrons. The van der Waals surface area contributed by atoms with Crippen LogP contribution < -0.4 is 10.6 Å². The molecule has 0 amide bonds. The van der Waals surface area contributed by atoms with E-state index in [4.69, 9.17) is 0 Å².